The van der Waals surface area contributed by atoms with E-state index in [4.69, 9.17) is 15.0 Å². The van der Waals surface area contributed by atoms with Gasteiger partial charge in [-0.05, 0) is 51.3 Å². The number of nitrogens with two attached hydrogens (primary N) is 1. The van der Waals surface area contributed by atoms with Gasteiger partial charge in [-0.25, -0.2) is 8.42 Å². The van der Waals surface area contributed by atoms with Gasteiger partial charge in [-0.1, -0.05) is 11.2 Å². The normalized spacial score (nSPS) is 25.9. The van der Waals surface area contributed by atoms with E-state index in [1.165, 1.54) is 4.31 Å². The average Bonchev–Trinajstić information content (AvgIpc) is 3.09. The number of sulfonamides is 1. The van der Waals surface area contributed by atoms with E-state index in [2.05, 4.69) is 10.1 Å². The molecule has 1 saturated heterocycles. The fraction of sp³-hybridized carbons (Fsp3) is 0.556. The van der Waals surface area contributed by atoms with E-state index in [0.717, 1.165) is 19.3 Å². The van der Waals surface area contributed by atoms with Gasteiger partial charge in [0.15, 0.2) is 5.82 Å². The van der Waals surface area contributed by atoms with E-state index in [-0.39, 0.29) is 23.0 Å². The molecule has 9 heteroatoms. The second kappa shape index (κ2) is 6.66. The Kier molecular flexibility index (Phi) is 4.58. The zero-order chi connectivity index (χ0) is 19.2. The molecule has 2 fully saturated rings. The third-order valence-electron chi connectivity index (χ3n) is 5.22. The number of hydrogen-bond acceptors (Lipinski definition) is 7. The number of rotatable bonds is 4. The minimum atomic E-state index is -3.63. The van der Waals surface area contributed by atoms with Crippen LogP contribution in [0.5, 0.6) is 0 Å². The maximum absolute atomic E-state index is 13.1. The van der Waals surface area contributed by atoms with Crippen molar-refractivity contribution in [2.75, 3.05) is 13.1 Å². The first-order valence-electron chi connectivity index (χ1n) is 9.17. The maximum atomic E-state index is 13.1. The molecule has 146 valence electrons. The van der Waals surface area contributed by atoms with Crippen LogP contribution in [-0.2, 0) is 20.3 Å². The Balaban J connectivity index is 1.62. The van der Waals surface area contributed by atoms with Crippen molar-refractivity contribution in [1.29, 1.82) is 0 Å². The molecular formula is C18H24N4O4S. The van der Waals surface area contributed by atoms with Crippen molar-refractivity contribution >= 4 is 10.0 Å². The van der Waals surface area contributed by atoms with Gasteiger partial charge >= 0.3 is 0 Å². The van der Waals surface area contributed by atoms with Crippen molar-refractivity contribution in [2.45, 2.75) is 55.8 Å². The van der Waals surface area contributed by atoms with Crippen LogP contribution in [0.3, 0.4) is 0 Å². The molecule has 0 spiro atoms. The predicted molar refractivity (Wildman–Crippen MR) is 98.2 cm³/mol. The summed E-state index contributed by atoms with van der Waals surface area (Å²) < 4.78 is 38.6. The summed E-state index contributed by atoms with van der Waals surface area (Å²) in [5.41, 5.74) is 6.28. The Hall–Kier alpha value is -1.81. The summed E-state index contributed by atoms with van der Waals surface area (Å²) in [5, 5.41) is 4.00. The zero-order valence-corrected chi connectivity index (χ0v) is 16.3. The molecule has 2 atom stereocenters. The highest BCUT2D eigenvalue weighted by Crippen LogP contribution is 2.37. The molecular weight excluding hydrogens is 368 g/mol. The van der Waals surface area contributed by atoms with Crippen LogP contribution < -0.4 is 5.73 Å². The maximum Gasteiger partial charge on any atom is 0.258 e. The van der Waals surface area contributed by atoms with E-state index in [0.29, 0.717) is 24.5 Å². The van der Waals surface area contributed by atoms with Crippen LogP contribution in [0.1, 0.15) is 38.9 Å². The minimum absolute atomic E-state index is 0.145. The summed E-state index contributed by atoms with van der Waals surface area (Å²) in [5.74, 6) is 0.760. The molecule has 0 amide bonds. The Bertz CT molecular complexity index is 928. The molecule has 1 aliphatic heterocycles. The lowest BCUT2D eigenvalue weighted by molar-refractivity contribution is -0.0440. The quantitative estimate of drug-likeness (QED) is 0.845. The van der Waals surface area contributed by atoms with Gasteiger partial charge in [-0.2, -0.15) is 9.29 Å². The van der Waals surface area contributed by atoms with Gasteiger partial charge < -0.3 is 15.0 Å². The number of morpholine rings is 1. The molecule has 0 radical (unpaired) electrons. The fourth-order valence-electron chi connectivity index (χ4n) is 3.59. The molecule has 1 aliphatic carbocycles. The second-order valence-corrected chi connectivity index (χ2v) is 9.48. The van der Waals surface area contributed by atoms with E-state index in [9.17, 15) is 8.42 Å². The molecule has 27 heavy (non-hydrogen) atoms. The lowest BCUT2D eigenvalue weighted by atomic mass is 9.77. The van der Waals surface area contributed by atoms with Gasteiger partial charge in [0.1, 0.15) is 0 Å². The van der Waals surface area contributed by atoms with Crippen LogP contribution in [0.15, 0.2) is 33.7 Å². The second-order valence-electron chi connectivity index (χ2n) is 7.54. The number of ether oxygens (including phenoxy) is 1. The molecule has 1 aromatic heterocycles. The number of hydrogen-bond donors (Lipinski definition) is 1. The summed E-state index contributed by atoms with van der Waals surface area (Å²) in [6.07, 6.45) is 2.41. The van der Waals surface area contributed by atoms with Crippen LogP contribution in [-0.4, -0.2) is 48.2 Å². The van der Waals surface area contributed by atoms with Gasteiger partial charge in [0, 0.05) is 18.7 Å². The predicted octanol–water partition coefficient (Wildman–Crippen LogP) is 1.87. The first-order chi connectivity index (χ1) is 12.8. The Morgan fingerprint density at radius 3 is 2.56 bits per heavy atom. The summed E-state index contributed by atoms with van der Waals surface area (Å²) in [6.45, 7) is 4.41. The van der Waals surface area contributed by atoms with Gasteiger partial charge in [0.2, 0.25) is 10.0 Å². The fourth-order valence-corrected chi connectivity index (χ4v) is 5.23. The molecule has 2 heterocycles. The summed E-state index contributed by atoms with van der Waals surface area (Å²) >= 11 is 0. The van der Waals surface area contributed by atoms with Crippen molar-refractivity contribution in [1.82, 2.24) is 14.4 Å². The topological polar surface area (TPSA) is 112 Å². The molecule has 0 bridgehead atoms. The molecule has 1 aromatic carbocycles. The SMILES string of the molecule is CC1CN(S(=O)(=O)c2cccc(-c3nc(C4(N)CCC4)no3)c2)CC(C)O1. The highest BCUT2D eigenvalue weighted by Gasteiger charge is 2.39. The number of benzene rings is 1. The molecule has 2 unspecified atom stereocenters. The summed E-state index contributed by atoms with van der Waals surface area (Å²) in [7, 11) is -3.63. The first-order valence-corrected chi connectivity index (χ1v) is 10.6. The van der Waals surface area contributed by atoms with Crippen LogP contribution in [0.4, 0.5) is 0 Å². The molecule has 2 N–H and O–H groups in total. The van der Waals surface area contributed by atoms with E-state index >= 15 is 0 Å². The third-order valence-corrected chi connectivity index (χ3v) is 7.05. The van der Waals surface area contributed by atoms with Crippen LogP contribution in [0.25, 0.3) is 11.5 Å². The van der Waals surface area contributed by atoms with Gasteiger partial charge in [0.25, 0.3) is 5.89 Å². The average molecular weight is 392 g/mol. The zero-order valence-electron chi connectivity index (χ0n) is 15.5. The molecule has 8 nitrogen and oxygen atoms in total. The Labute approximate surface area is 158 Å². The van der Waals surface area contributed by atoms with Crippen LogP contribution >= 0.6 is 0 Å². The molecule has 2 aliphatic rings. The highest BCUT2D eigenvalue weighted by molar-refractivity contribution is 7.89. The van der Waals surface area contributed by atoms with Gasteiger partial charge in [-0.15, -0.1) is 0 Å². The molecule has 4 rings (SSSR count). The summed E-state index contributed by atoms with van der Waals surface area (Å²) in [4.78, 5) is 4.60. The van der Waals surface area contributed by atoms with E-state index < -0.39 is 15.6 Å². The first kappa shape index (κ1) is 18.5. The highest BCUT2D eigenvalue weighted by atomic mass is 32.2. The van der Waals surface area contributed by atoms with Crippen molar-refractivity contribution < 1.29 is 17.7 Å². The van der Waals surface area contributed by atoms with Crippen molar-refractivity contribution in [3.8, 4) is 11.5 Å². The van der Waals surface area contributed by atoms with Gasteiger partial charge in [0.05, 0.1) is 22.6 Å². The van der Waals surface area contributed by atoms with Crippen molar-refractivity contribution in [2.24, 2.45) is 5.73 Å². The Morgan fingerprint density at radius 1 is 1.22 bits per heavy atom. The third kappa shape index (κ3) is 3.40. The summed E-state index contributed by atoms with van der Waals surface area (Å²) in [6, 6.07) is 6.59. The monoisotopic (exact) mass is 392 g/mol. The molecule has 1 saturated carbocycles. The smallest absolute Gasteiger partial charge is 0.258 e. The van der Waals surface area contributed by atoms with E-state index in [1.807, 2.05) is 13.8 Å². The lowest BCUT2D eigenvalue weighted by Crippen LogP contribution is -2.48. The van der Waals surface area contributed by atoms with Crippen molar-refractivity contribution in [3.63, 3.8) is 0 Å². The van der Waals surface area contributed by atoms with Crippen molar-refractivity contribution in [3.05, 3.63) is 30.1 Å². The number of nitrogens with zero attached hydrogens (tertiary/aromatic N) is 3. The molecule has 2 aromatic rings. The lowest BCUT2D eigenvalue weighted by Gasteiger charge is -2.34. The van der Waals surface area contributed by atoms with Crippen LogP contribution in [0, 0.1) is 0 Å². The van der Waals surface area contributed by atoms with E-state index in [1.54, 1.807) is 24.3 Å². The van der Waals surface area contributed by atoms with Crippen LogP contribution in [0.2, 0.25) is 0 Å². The standard InChI is InChI=1S/C18H24N4O4S/c1-12-10-22(11-13(2)25-12)27(23,24)15-6-3-5-14(9-15)16-20-17(21-26-16)18(19)7-4-8-18/h3,5-6,9,12-13H,4,7-8,10-11,19H2,1-2H3. The minimum Gasteiger partial charge on any atom is -0.373 e. The largest absolute Gasteiger partial charge is 0.373 e. The van der Waals surface area contributed by atoms with Gasteiger partial charge in [-0.3, -0.25) is 0 Å². The Morgan fingerprint density at radius 2 is 1.93 bits per heavy atom. The number of aromatic nitrogens is 2.